The molecule has 1 heterocycles. The molecule has 4 rings (SSSR count). The van der Waals surface area contributed by atoms with Crippen molar-refractivity contribution in [3.63, 3.8) is 0 Å². The lowest BCUT2D eigenvalue weighted by molar-refractivity contribution is -0.142. The molecule has 0 saturated carbocycles. The van der Waals surface area contributed by atoms with E-state index in [1.807, 2.05) is 29.8 Å². The number of carbonyl (C=O) groups is 2. The van der Waals surface area contributed by atoms with Gasteiger partial charge in [0, 0.05) is 36.1 Å². The van der Waals surface area contributed by atoms with Crippen molar-refractivity contribution >= 4 is 52.5 Å². The van der Waals surface area contributed by atoms with Crippen molar-refractivity contribution < 1.29 is 18.7 Å². The number of fused-ring (bicyclic) bond motifs is 1. The van der Waals surface area contributed by atoms with E-state index in [0.29, 0.717) is 28.9 Å². The molecule has 4 aromatic rings. The fourth-order valence-corrected chi connectivity index (χ4v) is 4.07. The number of amidine groups is 1. The van der Waals surface area contributed by atoms with Crippen LogP contribution in [0.3, 0.4) is 0 Å². The SMILES string of the molecule is CCOC(=O)CCN(C(=O)c1ccc2c(c1)nc(CNc1ccc(C(=N)N)cc1)n2C)c1cccc(F)c1.Cl. The summed E-state index contributed by atoms with van der Waals surface area (Å²) in [5, 5.41) is 10.8. The van der Waals surface area contributed by atoms with Crippen molar-refractivity contribution in [2.24, 2.45) is 12.8 Å². The second kappa shape index (κ2) is 12.9. The lowest BCUT2D eigenvalue weighted by atomic mass is 10.1. The second-order valence-corrected chi connectivity index (χ2v) is 8.63. The minimum absolute atomic E-state index is 0. The van der Waals surface area contributed by atoms with Crippen LogP contribution in [-0.2, 0) is 23.1 Å². The maximum atomic E-state index is 14.0. The molecule has 1 amide bonds. The Hall–Kier alpha value is -4.44. The summed E-state index contributed by atoms with van der Waals surface area (Å²) < 4.78 is 20.9. The molecule has 0 saturated heterocycles. The molecule has 0 radical (unpaired) electrons. The number of aromatic nitrogens is 2. The number of nitrogens with zero attached hydrogens (tertiary/aromatic N) is 3. The second-order valence-electron chi connectivity index (χ2n) is 8.63. The molecule has 1 aromatic heterocycles. The van der Waals surface area contributed by atoms with Gasteiger partial charge in [-0.15, -0.1) is 12.4 Å². The number of benzene rings is 3. The van der Waals surface area contributed by atoms with Gasteiger partial charge in [-0.05, 0) is 67.6 Å². The Labute approximate surface area is 231 Å². The minimum atomic E-state index is -0.482. The smallest absolute Gasteiger partial charge is 0.307 e. The minimum Gasteiger partial charge on any atom is -0.466 e. The van der Waals surface area contributed by atoms with E-state index in [-0.39, 0.29) is 43.7 Å². The normalized spacial score (nSPS) is 10.5. The summed E-state index contributed by atoms with van der Waals surface area (Å²) in [4.78, 5) is 31.6. The van der Waals surface area contributed by atoms with Gasteiger partial charge in [-0.2, -0.15) is 0 Å². The van der Waals surface area contributed by atoms with E-state index in [2.05, 4.69) is 5.32 Å². The molecule has 0 atom stereocenters. The van der Waals surface area contributed by atoms with Gasteiger partial charge in [-0.1, -0.05) is 6.07 Å². The number of hydrogen-bond acceptors (Lipinski definition) is 6. The van der Waals surface area contributed by atoms with Crippen molar-refractivity contribution in [3.05, 3.63) is 89.5 Å². The van der Waals surface area contributed by atoms with Gasteiger partial charge < -0.3 is 25.3 Å². The first-order valence-electron chi connectivity index (χ1n) is 12.1. The average Bonchev–Trinajstić information content (AvgIpc) is 3.22. The predicted octanol–water partition coefficient (Wildman–Crippen LogP) is 4.63. The Balaban J connectivity index is 0.00000420. The number of nitrogens with two attached hydrogens (primary N) is 1. The van der Waals surface area contributed by atoms with Crippen molar-refractivity contribution in [1.82, 2.24) is 9.55 Å². The van der Waals surface area contributed by atoms with Crippen LogP contribution in [-0.4, -0.2) is 40.4 Å². The maximum absolute atomic E-state index is 14.0. The summed E-state index contributed by atoms with van der Waals surface area (Å²) in [7, 11) is 1.89. The zero-order valence-corrected chi connectivity index (χ0v) is 22.4. The molecule has 0 unspecified atom stereocenters. The summed E-state index contributed by atoms with van der Waals surface area (Å²) in [6.45, 7) is 2.43. The molecule has 0 aliphatic heterocycles. The summed E-state index contributed by atoms with van der Waals surface area (Å²) in [6.07, 6.45) is -0.0227. The summed E-state index contributed by atoms with van der Waals surface area (Å²) >= 11 is 0. The van der Waals surface area contributed by atoms with Crippen LogP contribution < -0.4 is 16.0 Å². The van der Waals surface area contributed by atoms with Crippen LogP contribution in [0.5, 0.6) is 0 Å². The van der Waals surface area contributed by atoms with Crippen LogP contribution in [0.15, 0.2) is 66.7 Å². The third kappa shape index (κ3) is 6.91. The fraction of sp³-hybridized carbons (Fsp3) is 0.214. The highest BCUT2D eigenvalue weighted by Crippen LogP contribution is 2.23. The van der Waals surface area contributed by atoms with Crippen LogP contribution in [0.4, 0.5) is 15.8 Å². The van der Waals surface area contributed by atoms with Gasteiger partial charge in [0.15, 0.2) is 0 Å². The van der Waals surface area contributed by atoms with Gasteiger partial charge in [0.2, 0.25) is 0 Å². The molecule has 0 spiro atoms. The zero-order valence-electron chi connectivity index (χ0n) is 21.6. The number of carbonyl (C=O) groups excluding carboxylic acids is 2. The first-order chi connectivity index (χ1) is 18.3. The van der Waals surface area contributed by atoms with Gasteiger partial charge in [-0.3, -0.25) is 15.0 Å². The van der Waals surface area contributed by atoms with Crippen molar-refractivity contribution in [1.29, 1.82) is 5.41 Å². The largest absolute Gasteiger partial charge is 0.466 e. The Morgan fingerprint density at radius 2 is 1.82 bits per heavy atom. The number of anilines is 2. The Morgan fingerprint density at radius 3 is 2.49 bits per heavy atom. The lowest BCUT2D eigenvalue weighted by Crippen LogP contribution is -2.33. The molecule has 204 valence electrons. The summed E-state index contributed by atoms with van der Waals surface area (Å²) in [6, 6.07) is 18.1. The number of esters is 1. The maximum Gasteiger partial charge on any atom is 0.307 e. The standard InChI is InChI=1S/C28H29FN6O3.ClH/c1-3-38-26(36)13-14-35(22-6-4-5-20(29)16-22)28(37)19-9-12-24-23(15-19)33-25(34(24)2)17-32-21-10-7-18(8-11-21)27(30)31;/h4-12,15-16,32H,3,13-14,17H2,1-2H3,(H3,30,31);1H. The molecule has 0 aliphatic rings. The molecule has 0 aliphatic carbocycles. The zero-order chi connectivity index (χ0) is 27.2. The van der Waals surface area contributed by atoms with Crippen LogP contribution >= 0.6 is 12.4 Å². The van der Waals surface area contributed by atoms with Crippen molar-refractivity contribution in [2.75, 3.05) is 23.4 Å². The van der Waals surface area contributed by atoms with Crippen molar-refractivity contribution in [3.8, 4) is 0 Å². The number of hydrogen-bond donors (Lipinski definition) is 3. The molecule has 11 heteroatoms. The fourth-order valence-electron chi connectivity index (χ4n) is 4.07. The Morgan fingerprint density at radius 1 is 1.10 bits per heavy atom. The highest BCUT2D eigenvalue weighted by Gasteiger charge is 2.21. The molecular formula is C28H30ClFN6O3. The van der Waals surface area contributed by atoms with Crippen LogP contribution in [0.1, 0.15) is 35.1 Å². The highest BCUT2D eigenvalue weighted by atomic mass is 35.5. The van der Waals surface area contributed by atoms with E-state index in [0.717, 1.165) is 17.0 Å². The number of halogens is 2. The topological polar surface area (TPSA) is 126 Å². The molecule has 0 fully saturated rings. The number of ether oxygens (including phenoxy) is 1. The average molecular weight is 553 g/mol. The molecule has 39 heavy (non-hydrogen) atoms. The molecule has 9 nitrogen and oxygen atoms in total. The first-order valence-corrected chi connectivity index (χ1v) is 12.1. The summed E-state index contributed by atoms with van der Waals surface area (Å²) in [5.74, 6) is -0.531. The number of rotatable bonds is 10. The van der Waals surface area contributed by atoms with E-state index in [9.17, 15) is 14.0 Å². The van der Waals surface area contributed by atoms with E-state index < -0.39 is 11.8 Å². The van der Waals surface area contributed by atoms with Gasteiger partial charge in [-0.25, -0.2) is 9.37 Å². The molecule has 3 aromatic carbocycles. The van der Waals surface area contributed by atoms with E-state index in [1.165, 1.54) is 23.1 Å². The first kappa shape index (κ1) is 29.1. The van der Waals surface area contributed by atoms with E-state index in [4.69, 9.17) is 20.9 Å². The number of nitrogen functional groups attached to an aromatic ring is 1. The van der Waals surface area contributed by atoms with Gasteiger partial charge in [0.25, 0.3) is 5.91 Å². The number of imidazole rings is 1. The van der Waals surface area contributed by atoms with Crippen LogP contribution in [0.2, 0.25) is 0 Å². The number of amides is 1. The third-order valence-corrected chi connectivity index (χ3v) is 6.08. The highest BCUT2D eigenvalue weighted by molar-refractivity contribution is 6.07. The quantitative estimate of drug-likeness (QED) is 0.150. The predicted molar refractivity (Wildman–Crippen MR) is 152 cm³/mol. The van der Waals surface area contributed by atoms with Crippen molar-refractivity contribution in [2.45, 2.75) is 19.9 Å². The van der Waals surface area contributed by atoms with Gasteiger partial charge in [0.05, 0.1) is 30.6 Å². The molecule has 0 bridgehead atoms. The summed E-state index contributed by atoms with van der Waals surface area (Å²) in [5.41, 5.74) is 9.19. The van der Waals surface area contributed by atoms with E-state index >= 15 is 0 Å². The monoisotopic (exact) mass is 552 g/mol. The third-order valence-electron chi connectivity index (χ3n) is 6.08. The number of aryl methyl sites for hydroxylation is 1. The van der Waals surface area contributed by atoms with Gasteiger partial charge >= 0.3 is 5.97 Å². The number of nitrogens with one attached hydrogen (secondary N) is 2. The molecular weight excluding hydrogens is 523 g/mol. The van der Waals surface area contributed by atoms with E-state index in [1.54, 1.807) is 37.3 Å². The Kier molecular flexibility index (Phi) is 9.62. The molecule has 4 N–H and O–H groups in total. The van der Waals surface area contributed by atoms with Crippen LogP contribution in [0, 0.1) is 11.2 Å². The Bertz CT molecular complexity index is 1490. The lowest BCUT2D eigenvalue weighted by Gasteiger charge is -2.23. The van der Waals surface area contributed by atoms with Crippen LogP contribution in [0.25, 0.3) is 11.0 Å². The van der Waals surface area contributed by atoms with Gasteiger partial charge in [0.1, 0.15) is 17.5 Å².